The number of H-pyrrole nitrogens is 1. The molecule has 9 heteroatoms. The van der Waals surface area contributed by atoms with E-state index >= 15 is 0 Å². The Hall–Kier alpha value is -2.19. The van der Waals surface area contributed by atoms with Crippen molar-refractivity contribution < 1.29 is 13.2 Å². The summed E-state index contributed by atoms with van der Waals surface area (Å²) in [6, 6.07) is 1.51. The maximum atomic E-state index is 12.4. The van der Waals surface area contributed by atoms with Crippen LogP contribution in [-0.4, -0.2) is 25.2 Å². The van der Waals surface area contributed by atoms with Crippen LogP contribution >= 0.6 is 0 Å². The highest BCUT2D eigenvalue weighted by Crippen LogP contribution is 2.26. The molecule has 1 N–H and O–H groups in total. The van der Waals surface area contributed by atoms with Crippen LogP contribution in [0.25, 0.3) is 0 Å². The molecule has 0 spiro atoms. The van der Waals surface area contributed by atoms with Gasteiger partial charge in [-0.2, -0.15) is 33.7 Å². The van der Waals surface area contributed by atoms with Crippen molar-refractivity contribution in [1.29, 1.82) is 0 Å². The van der Waals surface area contributed by atoms with E-state index in [2.05, 4.69) is 20.5 Å². The molecule has 0 saturated heterocycles. The Labute approximate surface area is 98.4 Å². The SMILES string of the molecule is O=c1ccc(C(F)(F)F)nn1CCc1cn[nH]n1. The van der Waals surface area contributed by atoms with Crippen molar-refractivity contribution in [3.8, 4) is 0 Å². The van der Waals surface area contributed by atoms with E-state index in [9.17, 15) is 18.0 Å². The summed E-state index contributed by atoms with van der Waals surface area (Å²) in [7, 11) is 0. The molecule has 0 aromatic carbocycles. The zero-order valence-electron chi connectivity index (χ0n) is 8.98. The standard InChI is InChI=1S/C9H8F3N5O/c10-9(11,12)7-1-2-8(18)17(15-7)4-3-6-5-13-16-14-6/h1-2,5H,3-4H2,(H,13,14,16). The second-order valence-electron chi connectivity index (χ2n) is 3.49. The number of hydrogen-bond acceptors (Lipinski definition) is 4. The summed E-state index contributed by atoms with van der Waals surface area (Å²) in [6.07, 6.45) is -2.87. The van der Waals surface area contributed by atoms with E-state index in [0.29, 0.717) is 11.8 Å². The number of nitrogens with one attached hydrogen (secondary N) is 1. The quantitative estimate of drug-likeness (QED) is 0.876. The Kier molecular flexibility index (Phi) is 3.13. The zero-order chi connectivity index (χ0) is 13.2. The molecule has 2 aromatic heterocycles. The van der Waals surface area contributed by atoms with Gasteiger partial charge >= 0.3 is 6.18 Å². The first-order valence-corrected chi connectivity index (χ1v) is 4.97. The number of hydrogen-bond donors (Lipinski definition) is 1. The molecule has 2 rings (SSSR count). The molecule has 2 aromatic rings. The van der Waals surface area contributed by atoms with Crippen molar-refractivity contribution in [1.82, 2.24) is 25.2 Å². The predicted molar refractivity (Wildman–Crippen MR) is 53.6 cm³/mol. The summed E-state index contributed by atoms with van der Waals surface area (Å²) < 4.78 is 38.0. The van der Waals surface area contributed by atoms with Crippen LogP contribution in [0.5, 0.6) is 0 Å². The third-order valence-electron chi connectivity index (χ3n) is 2.20. The van der Waals surface area contributed by atoms with Crippen molar-refractivity contribution >= 4 is 0 Å². The smallest absolute Gasteiger partial charge is 0.268 e. The minimum atomic E-state index is -4.57. The van der Waals surface area contributed by atoms with Crippen molar-refractivity contribution in [2.75, 3.05) is 0 Å². The van der Waals surface area contributed by atoms with E-state index in [1.807, 2.05) is 0 Å². The van der Waals surface area contributed by atoms with Gasteiger partial charge in [0.2, 0.25) is 0 Å². The molecule has 18 heavy (non-hydrogen) atoms. The molecule has 0 aliphatic heterocycles. The average molecular weight is 259 g/mol. The van der Waals surface area contributed by atoms with Crippen LogP contribution in [0.4, 0.5) is 13.2 Å². The summed E-state index contributed by atoms with van der Waals surface area (Å²) in [4.78, 5) is 11.3. The number of aromatic nitrogens is 5. The van der Waals surface area contributed by atoms with Crippen LogP contribution in [-0.2, 0) is 19.1 Å². The average Bonchev–Trinajstić information content (AvgIpc) is 2.79. The van der Waals surface area contributed by atoms with Gasteiger partial charge in [-0.3, -0.25) is 4.79 Å². The van der Waals surface area contributed by atoms with Crippen molar-refractivity contribution in [3.63, 3.8) is 0 Å². The van der Waals surface area contributed by atoms with Crippen LogP contribution in [0.15, 0.2) is 23.1 Å². The first-order valence-electron chi connectivity index (χ1n) is 4.97. The fraction of sp³-hybridized carbons (Fsp3) is 0.333. The number of aromatic amines is 1. The summed E-state index contributed by atoms with van der Waals surface area (Å²) in [5, 5.41) is 12.9. The van der Waals surface area contributed by atoms with E-state index < -0.39 is 17.4 Å². The summed E-state index contributed by atoms with van der Waals surface area (Å²) in [5.41, 5.74) is -1.14. The van der Waals surface area contributed by atoms with E-state index in [0.717, 1.165) is 10.7 Å². The van der Waals surface area contributed by atoms with Gasteiger partial charge in [-0.15, -0.1) is 0 Å². The maximum absolute atomic E-state index is 12.4. The Balaban J connectivity index is 2.19. The van der Waals surface area contributed by atoms with Crippen molar-refractivity contribution in [2.24, 2.45) is 0 Å². The molecule has 0 radical (unpaired) electrons. The van der Waals surface area contributed by atoms with Gasteiger partial charge in [0.1, 0.15) is 0 Å². The normalized spacial score (nSPS) is 11.7. The molecular formula is C9H8F3N5O. The highest BCUT2D eigenvalue weighted by atomic mass is 19.4. The molecule has 0 atom stereocenters. The second-order valence-corrected chi connectivity index (χ2v) is 3.49. The van der Waals surface area contributed by atoms with Crippen LogP contribution in [0, 0.1) is 0 Å². The lowest BCUT2D eigenvalue weighted by atomic mass is 10.3. The van der Waals surface area contributed by atoms with Crippen LogP contribution in [0.2, 0.25) is 0 Å². The monoisotopic (exact) mass is 259 g/mol. The van der Waals surface area contributed by atoms with Gasteiger partial charge in [-0.25, -0.2) is 4.68 Å². The molecule has 0 fully saturated rings. The van der Waals surface area contributed by atoms with Crippen LogP contribution in [0.1, 0.15) is 11.4 Å². The largest absolute Gasteiger partial charge is 0.435 e. The number of rotatable bonds is 3. The first kappa shape index (κ1) is 12.3. The fourth-order valence-electron chi connectivity index (χ4n) is 1.33. The molecule has 0 aliphatic rings. The third-order valence-corrected chi connectivity index (χ3v) is 2.20. The zero-order valence-corrected chi connectivity index (χ0v) is 8.98. The summed E-state index contributed by atoms with van der Waals surface area (Å²) >= 11 is 0. The van der Waals surface area contributed by atoms with E-state index in [1.165, 1.54) is 6.20 Å². The van der Waals surface area contributed by atoms with E-state index in [4.69, 9.17) is 0 Å². The Morgan fingerprint density at radius 3 is 2.72 bits per heavy atom. The van der Waals surface area contributed by atoms with Gasteiger partial charge in [-0.1, -0.05) is 0 Å². The molecular weight excluding hydrogens is 251 g/mol. The van der Waals surface area contributed by atoms with E-state index in [-0.39, 0.29) is 13.0 Å². The molecule has 96 valence electrons. The Bertz CT molecular complexity index is 575. The number of alkyl halides is 3. The topological polar surface area (TPSA) is 76.5 Å². The van der Waals surface area contributed by atoms with Gasteiger partial charge < -0.3 is 0 Å². The molecule has 0 unspecified atom stereocenters. The molecule has 0 saturated carbocycles. The Morgan fingerprint density at radius 1 is 1.33 bits per heavy atom. The molecule has 0 amide bonds. The minimum Gasteiger partial charge on any atom is -0.268 e. The fourth-order valence-corrected chi connectivity index (χ4v) is 1.33. The number of nitrogens with zero attached hydrogens (tertiary/aromatic N) is 4. The minimum absolute atomic E-state index is 0.00921. The van der Waals surface area contributed by atoms with Crippen molar-refractivity contribution in [3.05, 3.63) is 40.1 Å². The van der Waals surface area contributed by atoms with Crippen LogP contribution < -0.4 is 5.56 Å². The van der Waals surface area contributed by atoms with Gasteiger partial charge in [0, 0.05) is 12.5 Å². The van der Waals surface area contributed by atoms with Gasteiger partial charge in [0.05, 0.1) is 18.4 Å². The Morgan fingerprint density at radius 2 is 2.11 bits per heavy atom. The second kappa shape index (κ2) is 4.59. The third kappa shape index (κ3) is 2.73. The summed E-state index contributed by atoms with van der Waals surface area (Å²) in [6.45, 7) is 0.00921. The van der Waals surface area contributed by atoms with Gasteiger partial charge in [0.25, 0.3) is 5.56 Å². The van der Waals surface area contributed by atoms with Crippen molar-refractivity contribution in [2.45, 2.75) is 19.1 Å². The molecule has 0 bridgehead atoms. The lowest BCUT2D eigenvalue weighted by Crippen LogP contribution is -2.26. The van der Waals surface area contributed by atoms with Crippen LogP contribution in [0.3, 0.4) is 0 Å². The molecule has 2 heterocycles. The number of halogens is 3. The number of aryl methyl sites for hydroxylation is 2. The highest BCUT2D eigenvalue weighted by Gasteiger charge is 2.33. The molecule has 6 nitrogen and oxygen atoms in total. The predicted octanol–water partition coefficient (Wildman–Crippen LogP) is 0.623. The summed E-state index contributed by atoms with van der Waals surface area (Å²) in [5.74, 6) is 0. The van der Waals surface area contributed by atoms with Gasteiger partial charge in [-0.05, 0) is 6.07 Å². The maximum Gasteiger partial charge on any atom is 0.435 e. The highest BCUT2D eigenvalue weighted by molar-refractivity contribution is 5.04. The lowest BCUT2D eigenvalue weighted by molar-refractivity contribution is -0.142. The molecule has 0 aliphatic carbocycles. The first-order chi connectivity index (χ1) is 8.47. The van der Waals surface area contributed by atoms with Gasteiger partial charge in [0.15, 0.2) is 5.69 Å². The lowest BCUT2D eigenvalue weighted by Gasteiger charge is -2.08. The van der Waals surface area contributed by atoms with E-state index in [1.54, 1.807) is 0 Å².